The van der Waals surface area contributed by atoms with Crippen LogP contribution in [0.25, 0.3) is 0 Å². The average molecular weight is 384 g/mol. The zero-order valence-corrected chi connectivity index (χ0v) is 16.6. The Kier molecular flexibility index (Phi) is 7.45. The van der Waals surface area contributed by atoms with E-state index in [9.17, 15) is 4.79 Å². The molecule has 3 heterocycles. The number of carbonyl (C=O) groups excluding carboxylic acids is 1. The third-order valence-electron chi connectivity index (χ3n) is 5.02. The van der Waals surface area contributed by atoms with E-state index < -0.39 is 0 Å². The first-order valence-electron chi connectivity index (χ1n) is 9.73. The zero-order valence-electron chi connectivity index (χ0n) is 16.6. The number of ether oxygens (including phenoxy) is 2. The summed E-state index contributed by atoms with van der Waals surface area (Å²) in [5.41, 5.74) is 3.04. The highest BCUT2D eigenvalue weighted by atomic mass is 16.5. The molecule has 1 amide bonds. The van der Waals surface area contributed by atoms with E-state index in [2.05, 4.69) is 9.97 Å². The smallest absolute Gasteiger partial charge is 0.227 e. The fraction of sp³-hybridized carbons (Fsp3) is 0.524. The molecule has 1 saturated heterocycles. The third-order valence-corrected chi connectivity index (χ3v) is 5.02. The Morgan fingerprint density at radius 1 is 1.25 bits per heavy atom. The normalized spacial score (nSPS) is 15.0. The molecule has 0 bridgehead atoms. The highest BCUT2D eigenvalue weighted by molar-refractivity contribution is 5.78. The van der Waals surface area contributed by atoms with E-state index in [-0.39, 0.29) is 5.91 Å². The van der Waals surface area contributed by atoms with Crippen LogP contribution in [0.4, 0.5) is 0 Å². The predicted molar refractivity (Wildman–Crippen MR) is 105 cm³/mol. The molecular weight excluding hydrogens is 356 g/mol. The number of pyridine rings is 1. The molecule has 1 fully saturated rings. The van der Waals surface area contributed by atoms with E-state index >= 15 is 0 Å². The van der Waals surface area contributed by atoms with Gasteiger partial charge in [-0.3, -0.25) is 9.78 Å². The number of amides is 1. The van der Waals surface area contributed by atoms with Crippen molar-refractivity contribution in [1.29, 1.82) is 0 Å². The average Bonchev–Trinajstić information content (AvgIpc) is 2.73. The molecule has 0 radical (unpaired) electrons. The van der Waals surface area contributed by atoms with Crippen molar-refractivity contribution in [2.24, 2.45) is 0 Å². The minimum Gasteiger partial charge on any atom is -0.382 e. The quantitative estimate of drug-likeness (QED) is 0.650. The second kappa shape index (κ2) is 10.2. The Balaban J connectivity index is 1.58. The van der Waals surface area contributed by atoms with Crippen molar-refractivity contribution in [3.8, 4) is 0 Å². The van der Waals surface area contributed by atoms with Crippen molar-refractivity contribution < 1.29 is 14.3 Å². The number of likely N-dealkylation sites (tertiary alicyclic amines) is 1. The number of piperidine rings is 1. The topological polar surface area (TPSA) is 77.4 Å². The molecule has 7 heteroatoms. The van der Waals surface area contributed by atoms with E-state index in [1.165, 1.54) is 0 Å². The number of hydrogen-bond donors (Lipinski definition) is 0. The van der Waals surface area contributed by atoms with Crippen LogP contribution in [0.3, 0.4) is 0 Å². The molecule has 2 aromatic rings. The van der Waals surface area contributed by atoms with Crippen LogP contribution in [0.2, 0.25) is 0 Å². The number of aryl methyl sites for hydroxylation is 1. The summed E-state index contributed by atoms with van der Waals surface area (Å²) in [4.78, 5) is 27.6. The monoisotopic (exact) mass is 384 g/mol. The third kappa shape index (κ3) is 5.56. The molecule has 3 rings (SSSR count). The summed E-state index contributed by atoms with van der Waals surface area (Å²) in [6, 6.07) is 3.81. The van der Waals surface area contributed by atoms with Gasteiger partial charge < -0.3 is 14.4 Å². The summed E-state index contributed by atoms with van der Waals surface area (Å²) in [7, 11) is 1.66. The maximum Gasteiger partial charge on any atom is 0.227 e. The van der Waals surface area contributed by atoms with Gasteiger partial charge in [0.2, 0.25) is 5.91 Å². The first-order valence-corrected chi connectivity index (χ1v) is 9.73. The van der Waals surface area contributed by atoms with Gasteiger partial charge in [0.15, 0.2) is 0 Å². The molecule has 2 aromatic heterocycles. The lowest BCUT2D eigenvalue weighted by Gasteiger charge is -2.32. The highest BCUT2D eigenvalue weighted by Gasteiger charge is 2.26. The Hall–Kier alpha value is -2.38. The van der Waals surface area contributed by atoms with Gasteiger partial charge in [-0.15, -0.1) is 0 Å². The number of hydrogen-bond acceptors (Lipinski definition) is 6. The standard InChI is InChI=1S/C21H28N4O3/c1-16-23-14-19(15-28-11-10-27-2)21(24-16)18-5-8-25(9-6-18)20(26)12-17-4-3-7-22-13-17/h3-4,7,13-14,18H,5-6,8-12,15H2,1-2H3. The molecule has 0 spiro atoms. The highest BCUT2D eigenvalue weighted by Crippen LogP contribution is 2.29. The van der Waals surface area contributed by atoms with E-state index in [1.807, 2.05) is 30.2 Å². The van der Waals surface area contributed by atoms with Gasteiger partial charge in [-0.1, -0.05) is 6.07 Å². The van der Waals surface area contributed by atoms with Crippen molar-refractivity contribution in [2.75, 3.05) is 33.4 Å². The van der Waals surface area contributed by atoms with E-state index in [1.54, 1.807) is 19.5 Å². The minimum absolute atomic E-state index is 0.161. The lowest BCUT2D eigenvalue weighted by Crippen LogP contribution is -2.39. The molecule has 0 aliphatic carbocycles. The molecule has 0 atom stereocenters. The van der Waals surface area contributed by atoms with Gasteiger partial charge in [0.05, 0.1) is 31.9 Å². The van der Waals surface area contributed by atoms with Gasteiger partial charge in [-0.05, 0) is 31.4 Å². The number of aromatic nitrogens is 3. The summed E-state index contributed by atoms with van der Waals surface area (Å²) < 4.78 is 10.7. The predicted octanol–water partition coefficient (Wildman–Crippen LogP) is 2.29. The second-order valence-corrected chi connectivity index (χ2v) is 7.07. The fourth-order valence-electron chi connectivity index (χ4n) is 3.49. The molecule has 7 nitrogen and oxygen atoms in total. The van der Waals surface area contributed by atoms with Crippen LogP contribution >= 0.6 is 0 Å². The van der Waals surface area contributed by atoms with Gasteiger partial charge in [0.1, 0.15) is 5.82 Å². The molecule has 1 aliphatic rings. The number of rotatable bonds is 8. The largest absolute Gasteiger partial charge is 0.382 e. The number of nitrogens with zero attached hydrogens (tertiary/aromatic N) is 4. The van der Waals surface area contributed by atoms with Crippen LogP contribution in [0, 0.1) is 6.92 Å². The second-order valence-electron chi connectivity index (χ2n) is 7.07. The van der Waals surface area contributed by atoms with Gasteiger partial charge in [0.25, 0.3) is 0 Å². The van der Waals surface area contributed by atoms with Crippen molar-refractivity contribution >= 4 is 5.91 Å². The van der Waals surface area contributed by atoms with Gasteiger partial charge in [-0.2, -0.15) is 0 Å². The maximum atomic E-state index is 12.6. The van der Waals surface area contributed by atoms with Crippen molar-refractivity contribution in [3.63, 3.8) is 0 Å². The first kappa shape index (κ1) is 20.4. The molecule has 0 N–H and O–H groups in total. The summed E-state index contributed by atoms with van der Waals surface area (Å²) >= 11 is 0. The molecular formula is C21H28N4O3. The van der Waals surface area contributed by atoms with Crippen molar-refractivity contribution in [2.45, 2.75) is 38.7 Å². The fourth-order valence-corrected chi connectivity index (χ4v) is 3.49. The molecule has 0 aromatic carbocycles. The van der Waals surface area contributed by atoms with Gasteiger partial charge in [0, 0.05) is 50.3 Å². The van der Waals surface area contributed by atoms with Gasteiger partial charge in [-0.25, -0.2) is 9.97 Å². The van der Waals surface area contributed by atoms with Crippen molar-refractivity contribution in [3.05, 3.63) is 53.4 Å². The summed E-state index contributed by atoms with van der Waals surface area (Å²) in [6.45, 7) is 5.00. The Morgan fingerprint density at radius 2 is 2.07 bits per heavy atom. The van der Waals surface area contributed by atoms with Crippen LogP contribution in [-0.2, 0) is 27.3 Å². The molecule has 0 unspecified atom stereocenters. The molecule has 150 valence electrons. The van der Waals surface area contributed by atoms with Crippen LogP contribution in [0.1, 0.15) is 41.4 Å². The van der Waals surface area contributed by atoms with E-state index in [4.69, 9.17) is 14.5 Å². The Morgan fingerprint density at radius 3 is 2.79 bits per heavy atom. The van der Waals surface area contributed by atoms with Crippen LogP contribution < -0.4 is 0 Å². The SMILES string of the molecule is COCCOCc1cnc(C)nc1C1CCN(C(=O)Cc2cccnc2)CC1. The molecule has 0 saturated carbocycles. The van der Waals surface area contributed by atoms with E-state index in [0.717, 1.165) is 48.6 Å². The maximum absolute atomic E-state index is 12.6. The van der Waals surface area contributed by atoms with Crippen LogP contribution in [0.15, 0.2) is 30.7 Å². The summed E-state index contributed by atoms with van der Waals surface area (Å²) in [6.07, 6.45) is 7.55. The molecule has 1 aliphatic heterocycles. The van der Waals surface area contributed by atoms with Crippen molar-refractivity contribution in [1.82, 2.24) is 19.9 Å². The summed E-state index contributed by atoms with van der Waals surface area (Å²) in [5.74, 6) is 1.25. The van der Waals surface area contributed by atoms with Crippen LogP contribution in [0.5, 0.6) is 0 Å². The van der Waals surface area contributed by atoms with Gasteiger partial charge >= 0.3 is 0 Å². The lowest BCUT2D eigenvalue weighted by atomic mass is 9.90. The number of carbonyl (C=O) groups is 1. The first-order chi connectivity index (χ1) is 13.7. The van der Waals surface area contributed by atoms with E-state index in [0.29, 0.717) is 32.2 Å². The number of methoxy groups -OCH3 is 1. The minimum atomic E-state index is 0.161. The van der Waals surface area contributed by atoms with Crippen LogP contribution in [-0.4, -0.2) is 59.2 Å². The Labute approximate surface area is 166 Å². The Bertz CT molecular complexity index is 762. The zero-order chi connectivity index (χ0) is 19.8. The molecule has 28 heavy (non-hydrogen) atoms. The summed E-state index contributed by atoms with van der Waals surface area (Å²) in [5, 5.41) is 0. The lowest BCUT2D eigenvalue weighted by molar-refractivity contribution is -0.131.